The molecule has 0 aromatic heterocycles. The van der Waals surface area contributed by atoms with Gasteiger partial charge < -0.3 is 15.9 Å². The van der Waals surface area contributed by atoms with Crippen LogP contribution in [0.1, 0.15) is 5.56 Å². The maximum absolute atomic E-state index is 10.4. The Hall–Kier alpha value is -1.63. The van der Waals surface area contributed by atoms with Gasteiger partial charge in [-0.25, -0.2) is 0 Å². The summed E-state index contributed by atoms with van der Waals surface area (Å²) in [6.07, 6.45) is 0.273. The average Bonchev–Trinajstić information content (AvgIpc) is 2.24. The van der Waals surface area contributed by atoms with Crippen LogP contribution >= 0.6 is 0 Å². The van der Waals surface area contributed by atoms with Gasteiger partial charge in [-0.2, -0.15) is 0 Å². The second-order valence-electron chi connectivity index (χ2n) is 2.82. The first-order valence-corrected chi connectivity index (χ1v) is 4.19. The summed E-state index contributed by atoms with van der Waals surface area (Å²) in [7, 11) is 0. The van der Waals surface area contributed by atoms with Crippen molar-refractivity contribution in [2.24, 2.45) is 17.4 Å². The fourth-order valence-corrected chi connectivity index (χ4v) is 0.973. The molecule has 0 amide bonds. The number of benzene rings is 1. The van der Waals surface area contributed by atoms with Gasteiger partial charge in [-0.3, -0.25) is 16.5 Å². The van der Waals surface area contributed by atoms with E-state index in [1.54, 1.807) is 12.1 Å². The highest BCUT2D eigenvalue weighted by atomic mass is 16.4. The van der Waals surface area contributed by atoms with Crippen LogP contribution in [0, 0.1) is 0 Å². The summed E-state index contributed by atoms with van der Waals surface area (Å²) < 4.78 is 0. The first kappa shape index (κ1) is 13.4. The van der Waals surface area contributed by atoms with Crippen LogP contribution in [0.2, 0.25) is 0 Å². The van der Waals surface area contributed by atoms with Crippen LogP contribution in [0.3, 0.4) is 0 Å². The molecule has 1 rings (SSSR count). The Morgan fingerprint density at radius 1 is 1.27 bits per heavy atom. The summed E-state index contributed by atoms with van der Waals surface area (Å²) >= 11 is 0. The zero-order chi connectivity index (χ0) is 11.8. The van der Waals surface area contributed by atoms with Gasteiger partial charge in [0.05, 0.1) is 0 Å². The van der Waals surface area contributed by atoms with Crippen molar-refractivity contribution in [1.29, 1.82) is 0 Å². The highest BCUT2D eigenvalue weighted by Crippen LogP contribution is 2.10. The van der Waals surface area contributed by atoms with Gasteiger partial charge in [0.15, 0.2) is 0 Å². The monoisotopic (exact) mass is 213 g/mol. The van der Waals surface area contributed by atoms with E-state index in [4.69, 9.17) is 15.9 Å². The quantitative estimate of drug-likeness (QED) is 0.328. The molecule has 1 unspecified atom stereocenters. The lowest BCUT2D eigenvalue weighted by Crippen LogP contribution is -2.32. The summed E-state index contributed by atoms with van der Waals surface area (Å²) in [6.45, 7) is 0. The van der Waals surface area contributed by atoms with Gasteiger partial charge in [0.25, 0.3) is 0 Å². The van der Waals surface area contributed by atoms with Gasteiger partial charge in [-0.05, 0) is 24.1 Å². The van der Waals surface area contributed by atoms with Gasteiger partial charge in [-0.15, -0.1) is 0 Å². The van der Waals surface area contributed by atoms with E-state index in [2.05, 4.69) is 11.7 Å². The van der Waals surface area contributed by atoms with Crippen molar-refractivity contribution in [2.75, 3.05) is 0 Å². The standard InChI is InChI=1S/C9H11NO3.H4N2/c10-8(9(12)13)5-6-1-3-7(11)4-2-6;1-2/h1-4,8,11H,5,10H2,(H,12,13);1-2H2. The molecule has 0 saturated heterocycles. The number of carbonyl (C=O) groups is 1. The summed E-state index contributed by atoms with van der Waals surface area (Å²) in [4.78, 5) is 10.4. The van der Waals surface area contributed by atoms with Crippen LogP contribution in [0.4, 0.5) is 0 Å². The van der Waals surface area contributed by atoms with E-state index in [1.807, 2.05) is 0 Å². The third kappa shape index (κ3) is 4.96. The molecular formula is C9H15N3O3. The predicted molar refractivity (Wildman–Crippen MR) is 55.8 cm³/mol. The van der Waals surface area contributed by atoms with E-state index in [1.165, 1.54) is 12.1 Å². The number of hydrogen-bond acceptors (Lipinski definition) is 5. The number of carboxylic acids is 1. The molecule has 1 aromatic carbocycles. The third-order valence-corrected chi connectivity index (χ3v) is 1.71. The predicted octanol–water partition coefficient (Wildman–Crippen LogP) is -0.835. The second-order valence-corrected chi connectivity index (χ2v) is 2.82. The Labute approximate surface area is 87.3 Å². The molecule has 0 heterocycles. The molecule has 0 saturated carbocycles. The second kappa shape index (κ2) is 6.77. The molecule has 1 aromatic rings. The zero-order valence-corrected chi connectivity index (χ0v) is 8.13. The number of rotatable bonds is 3. The largest absolute Gasteiger partial charge is 0.508 e. The molecular weight excluding hydrogens is 198 g/mol. The summed E-state index contributed by atoms with van der Waals surface area (Å²) in [5.74, 6) is 7.14. The van der Waals surface area contributed by atoms with Gasteiger partial charge in [-0.1, -0.05) is 12.1 Å². The molecule has 0 fully saturated rings. The molecule has 8 N–H and O–H groups in total. The average molecular weight is 213 g/mol. The molecule has 0 aliphatic heterocycles. The Morgan fingerprint density at radius 3 is 2.13 bits per heavy atom. The van der Waals surface area contributed by atoms with Crippen molar-refractivity contribution < 1.29 is 15.0 Å². The van der Waals surface area contributed by atoms with Crippen LogP contribution < -0.4 is 17.4 Å². The SMILES string of the molecule is NC(Cc1ccc(O)cc1)C(=O)O.NN. The molecule has 6 nitrogen and oxygen atoms in total. The number of hydrazine groups is 1. The molecule has 0 aliphatic carbocycles. The molecule has 0 spiro atoms. The van der Waals surface area contributed by atoms with Gasteiger partial charge in [0, 0.05) is 0 Å². The molecule has 15 heavy (non-hydrogen) atoms. The van der Waals surface area contributed by atoms with E-state index >= 15 is 0 Å². The summed E-state index contributed by atoms with van der Waals surface area (Å²) in [5, 5.41) is 17.5. The normalized spacial score (nSPS) is 11.1. The van der Waals surface area contributed by atoms with Crippen LogP contribution in [-0.4, -0.2) is 22.2 Å². The van der Waals surface area contributed by atoms with E-state index in [9.17, 15) is 4.79 Å². The van der Waals surface area contributed by atoms with Gasteiger partial charge in [0.2, 0.25) is 0 Å². The molecule has 84 valence electrons. The fraction of sp³-hybridized carbons (Fsp3) is 0.222. The summed E-state index contributed by atoms with van der Waals surface area (Å²) in [6, 6.07) is 5.42. The molecule has 0 aliphatic rings. The number of aromatic hydroxyl groups is 1. The Kier molecular flexibility index (Phi) is 6.03. The van der Waals surface area contributed by atoms with Crippen LogP contribution in [0.5, 0.6) is 5.75 Å². The number of nitrogens with two attached hydrogens (primary N) is 3. The highest BCUT2D eigenvalue weighted by molar-refractivity contribution is 5.73. The Bertz CT molecular complexity index is 300. The van der Waals surface area contributed by atoms with Crippen LogP contribution in [0.25, 0.3) is 0 Å². The van der Waals surface area contributed by atoms with Gasteiger partial charge >= 0.3 is 5.97 Å². The van der Waals surface area contributed by atoms with Gasteiger partial charge in [0.1, 0.15) is 11.8 Å². The van der Waals surface area contributed by atoms with Crippen molar-refractivity contribution in [3.8, 4) is 5.75 Å². The zero-order valence-electron chi connectivity index (χ0n) is 8.13. The lowest BCUT2D eigenvalue weighted by Gasteiger charge is -2.05. The topological polar surface area (TPSA) is 136 Å². The lowest BCUT2D eigenvalue weighted by molar-refractivity contribution is -0.138. The first-order valence-electron chi connectivity index (χ1n) is 4.19. The number of phenolic OH excluding ortho intramolecular Hbond substituents is 1. The van der Waals surface area contributed by atoms with Crippen molar-refractivity contribution >= 4 is 5.97 Å². The molecule has 0 bridgehead atoms. The minimum atomic E-state index is -1.02. The maximum Gasteiger partial charge on any atom is 0.320 e. The van der Waals surface area contributed by atoms with Crippen molar-refractivity contribution in [2.45, 2.75) is 12.5 Å². The first-order chi connectivity index (χ1) is 7.09. The lowest BCUT2D eigenvalue weighted by atomic mass is 10.1. The highest BCUT2D eigenvalue weighted by Gasteiger charge is 2.11. The van der Waals surface area contributed by atoms with E-state index in [-0.39, 0.29) is 12.2 Å². The molecule has 6 heteroatoms. The number of phenols is 1. The minimum absolute atomic E-state index is 0.160. The third-order valence-electron chi connectivity index (χ3n) is 1.71. The smallest absolute Gasteiger partial charge is 0.320 e. The van der Waals surface area contributed by atoms with Crippen LogP contribution in [0.15, 0.2) is 24.3 Å². The van der Waals surface area contributed by atoms with Crippen molar-refractivity contribution in [1.82, 2.24) is 0 Å². The minimum Gasteiger partial charge on any atom is -0.508 e. The Morgan fingerprint density at radius 2 is 1.73 bits per heavy atom. The summed E-state index contributed by atoms with van der Waals surface area (Å²) in [5.41, 5.74) is 6.12. The van der Waals surface area contributed by atoms with Crippen LogP contribution in [-0.2, 0) is 11.2 Å². The van der Waals surface area contributed by atoms with Crippen molar-refractivity contribution in [3.63, 3.8) is 0 Å². The molecule has 1 atom stereocenters. The number of aliphatic carboxylic acids is 1. The van der Waals surface area contributed by atoms with E-state index in [0.29, 0.717) is 0 Å². The van der Waals surface area contributed by atoms with E-state index < -0.39 is 12.0 Å². The Balaban J connectivity index is 0.000000921. The van der Waals surface area contributed by atoms with E-state index in [0.717, 1.165) is 5.56 Å². The fourth-order valence-electron chi connectivity index (χ4n) is 0.973. The number of carboxylic acid groups (broad SMARTS) is 1. The molecule has 0 radical (unpaired) electrons. The maximum atomic E-state index is 10.4. The van der Waals surface area contributed by atoms with Crippen molar-refractivity contribution in [3.05, 3.63) is 29.8 Å². The number of hydrogen-bond donors (Lipinski definition) is 5.